The zero-order chi connectivity index (χ0) is 15.3. The Morgan fingerprint density at radius 3 is 2.30 bits per heavy atom. The summed E-state index contributed by atoms with van der Waals surface area (Å²) in [7, 11) is 0. The van der Waals surface area contributed by atoms with Gasteiger partial charge in [0.05, 0.1) is 13.2 Å². The van der Waals surface area contributed by atoms with Crippen LogP contribution in [-0.4, -0.2) is 42.5 Å². The molecule has 0 aromatic carbocycles. The number of hydrogen-bond acceptors (Lipinski definition) is 4. The van der Waals surface area contributed by atoms with Crippen LogP contribution in [0.3, 0.4) is 0 Å². The van der Waals surface area contributed by atoms with Crippen LogP contribution in [0.2, 0.25) is 0 Å². The molecule has 0 unspecified atom stereocenters. The summed E-state index contributed by atoms with van der Waals surface area (Å²) in [5, 5.41) is 2.27. The highest BCUT2D eigenvalue weighted by atomic mass is 16.5. The molecule has 0 radical (unpaired) electrons. The van der Waals surface area contributed by atoms with Crippen molar-refractivity contribution < 1.29 is 19.1 Å². The Labute approximate surface area is 119 Å². The van der Waals surface area contributed by atoms with E-state index in [9.17, 15) is 14.4 Å². The number of imide groups is 2. The van der Waals surface area contributed by atoms with Crippen LogP contribution >= 0.6 is 0 Å². The lowest BCUT2D eigenvalue weighted by atomic mass is 9.78. The predicted molar refractivity (Wildman–Crippen MR) is 73.9 cm³/mol. The molecule has 1 heterocycles. The van der Waals surface area contributed by atoms with Gasteiger partial charge in [0.1, 0.15) is 5.41 Å². The summed E-state index contributed by atoms with van der Waals surface area (Å²) in [4.78, 5) is 37.3. The molecule has 1 N–H and O–H groups in total. The second-order valence-corrected chi connectivity index (χ2v) is 5.47. The van der Waals surface area contributed by atoms with Crippen LogP contribution < -0.4 is 5.32 Å². The van der Waals surface area contributed by atoms with E-state index in [1.807, 2.05) is 13.8 Å². The molecule has 0 bridgehead atoms. The zero-order valence-electron chi connectivity index (χ0n) is 12.7. The molecule has 1 fully saturated rings. The van der Waals surface area contributed by atoms with E-state index >= 15 is 0 Å². The summed E-state index contributed by atoms with van der Waals surface area (Å²) >= 11 is 0. The van der Waals surface area contributed by atoms with E-state index < -0.39 is 23.3 Å². The first kappa shape index (κ1) is 16.6. The quantitative estimate of drug-likeness (QED) is 0.568. The number of hydrogen-bond donors (Lipinski definition) is 1. The third-order valence-electron chi connectivity index (χ3n) is 3.67. The lowest BCUT2D eigenvalue weighted by Gasteiger charge is -2.38. The molecule has 1 saturated heterocycles. The lowest BCUT2D eigenvalue weighted by molar-refractivity contribution is -0.152. The van der Waals surface area contributed by atoms with E-state index in [0.29, 0.717) is 25.4 Å². The normalized spacial score (nSPS) is 18.6. The maximum absolute atomic E-state index is 12.4. The fraction of sp³-hybridized carbons (Fsp3) is 0.786. The monoisotopic (exact) mass is 284 g/mol. The van der Waals surface area contributed by atoms with Gasteiger partial charge < -0.3 is 4.74 Å². The Morgan fingerprint density at radius 1 is 1.20 bits per heavy atom. The van der Waals surface area contributed by atoms with Gasteiger partial charge in [0.15, 0.2) is 0 Å². The number of ether oxygens (including phenoxy) is 1. The molecule has 4 amide bonds. The Hall–Kier alpha value is -1.43. The van der Waals surface area contributed by atoms with Crippen LogP contribution in [0.1, 0.15) is 40.5 Å². The van der Waals surface area contributed by atoms with Crippen molar-refractivity contribution in [3.63, 3.8) is 0 Å². The van der Waals surface area contributed by atoms with Crippen molar-refractivity contribution in [1.29, 1.82) is 0 Å². The number of urea groups is 1. The van der Waals surface area contributed by atoms with E-state index in [1.54, 1.807) is 13.8 Å². The van der Waals surface area contributed by atoms with E-state index in [0.717, 1.165) is 4.90 Å². The standard InChI is InChI=1S/C14H24N2O4/c1-5-14(6-2)11(17)15-13(19)16(12(14)18)7-8-20-9-10(3)4/h10H,5-9H2,1-4H3,(H,15,17,19). The molecule has 114 valence electrons. The van der Waals surface area contributed by atoms with Crippen molar-refractivity contribution in [3.05, 3.63) is 0 Å². The summed E-state index contributed by atoms with van der Waals surface area (Å²) in [5.41, 5.74) is -1.12. The van der Waals surface area contributed by atoms with Gasteiger partial charge in [-0.2, -0.15) is 0 Å². The van der Waals surface area contributed by atoms with Gasteiger partial charge in [0.25, 0.3) is 0 Å². The summed E-state index contributed by atoms with van der Waals surface area (Å²) in [5.74, 6) is -0.505. The number of nitrogens with zero attached hydrogens (tertiary/aromatic N) is 1. The largest absolute Gasteiger partial charge is 0.379 e. The number of rotatable bonds is 7. The smallest absolute Gasteiger partial charge is 0.330 e. The van der Waals surface area contributed by atoms with Gasteiger partial charge >= 0.3 is 6.03 Å². The molecule has 0 spiro atoms. The topological polar surface area (TPSA) is 75.7 Å². The third kappa shape index (κ3) is 3.17. The van der Waals surface area contributed by atoms with Gasteiger partial charge in [-0.1, -0.05) is 27.7 Å². The molecule has 20 heavy (non-hydrogen) atoms. The van der Waals surface area contributed by atoms with Crippen molar-refractivity contribution >= 4 is 17.8 Å². The van der Waals surface area contributed by atoms with Gasteiger partial charge in [-0.15, -0.1) is 0 Å². The summed E-state index contributed by atoms with van der Waals surface area (Å²) < 4.78 is 5.40. The molecule has 0 aromatic heterocycles. The van der Waals surface area contributed by atoms with Crippen LogP contribution in [0.4, 0.5) is 4.79 Å². The molecule has 0 atom stereocenters. The number of carbonyl (C=O) groups is 3. The molecular weight excluding hydrogens is 260 g/mol. The number of carbonyl (C=O) groups excluding carboxylic acids is 3. The van der Waals surface area contributed by atoms with Crippen LogP contribution in [0.25, 0.3) is 0 Å². The Bertz CT molecular complexity index is 389. The fourth-order valence-corrected chi connectivity index (χ4v) is 2.28. The molecule has 1 rings (SSSR count). The van der Waals surface area contributed by atoms with Crippen molar-refractivity contribution in [2.75, 3.05) is 19.8 Å². The highest BCUT2D eigenvalue weighted by Crippen LogP contribution is 2.32. The maximum Gasteiger partial charge on any atom is 0.330 e. The average Bonchev–Trinajstić information content (AvgIpc) is 2.38. The molecule has 0 saturated carbocycles. The molecule has 6 heteroatoms. The lowest BCUT2D eigenvalue weighted by Crippen LogP contribution is -2.64. The average molecular weight is 284 g/mol. The van der Waals surface area contributed by atoms with Crippen molar-refractivity contribution in [2.24, 2.45) is 11.3 Å². The molecule has 0 aromatic rings. The summed E-state index contributed by atoms with van der Waals surface area (Å²) in [6.45, 7) is 8.65. The number of barbiturate groups is 1. The minimum absolute atomic E-state index is 0.173. The fourth-order valence-electron chi connectivity index (χ4n) is 2.28. The minimum atomic E-state index is -1.12. The summed E-state index contributed by atoms with van der Waals surface area (Å²) in [6, 6.07) is -0.648. The van der Waals surface area contributed by atoms with Gasteiger partial charge in [0, 0.05) is 6.61 Å². The van der Waals surface area contributed by atoms with E-state index in [2.05, 4.69) is 5.32 Å². The maximum atomic E-state index is 12.4. The summed E-state index contributed by atoms with van der Waals surface area (Å²) in [6.07, 6.45) is 0.760. The van der Waals surface area contributed by atoms with E-state index in [-0.39, 0.29) is 13.2 Å². The first-order valence-electron chi connectivity index (χ1n) is 7.14. The van der Waals surface area contributed by atoms with Crippen LogP contribution in [-0.2, 0) is 14.3 Å². The van der Waals surface area contributed by atoms with Gasteiger partial charge in [0.2, 0.25) is 11.8 Å². The predicted octanol–water partition coefficient (Wildman–Crippen LogP) is 1.54. The molecule has 1 aliphatic rings. The van der Waals surface area contributed by atoms with Crippen molar-refractivity contribution in [3.8, 4) is 0 Å². The van der Waals surface area contributed by atoms with Gasteiger partial charge in [-0.25, -0.2) is 4.79 Å². The minimum Gasteiger partial charge on any atom is -0.379 e. The second-order valence-electron chi connectivity index (χ2n) is 5.47. The SMILES string of the molecule is CCC1(CC)C(=O)NC(=O)N(CCOCC(C)C)C1=O. The van der Waals surface area contributed by atoms with E-state index in [1.165, 1.54) is 0 Å². The molecular formula is C14H24N2O4. The van der Waals surface area contributed by atoms with Crippen LogP contribution in [0.15, 0.2) is 0 Å². The van der Waals surface area contributed by atoms with E-state index in [4.69, 9.17) is 4.74 Å². The second kappa shape index (κ2) is 6.83. The van der Waals surface area contributed by atoms with Crippen LogP contribution in [0.5, 0.6) is 0 Å². The van der Waals surface area contributed by atoms with Gasteiger partial charge in [-0.3, -0.25) is 19.8 Å². The Balaban J connectivity index is 2.72. The van der Waals surface area contributed by atoms with Crippen molar-refractivity contribution in [2.45, 2.75) is 40.5 Å². The Kier molecular flexibility index (Phi) is 5.68. The Morgan fingerprint density at radius 2 is 1.80 bits per heavy atom. The highest BCUT2D eigenvalue weighted by molar-refractivity contribution is 6.19. The van der Waals surface area contributed by atoms with Crippen molar-refractivity contribution in [1.82, 2.24) is 10.2 Å². The zero-order valence-corrected chi connectivity index (χ0v) is 12.7. The molecule has 0 aliphatic carbocycles. The molecule has 1 aliphatic heterocycles. The highest BCUT2D eigenvalue weighted by Gasteiger charge is 2.51. The first-order chi connectivity index (χ1) is 9.39. The van der Waals surface area contributed by atoms with Gasteiger partial charge in [-0.05, 0) is 18.8 Å². The van der Waals surface area contributed by atoms with Crippen LogP contribution in [0, 0.1) is 11.3 Å². The first-order valence-corrected chi connectivity index (χ1v) is 7.14. The number of amides is 4. The number of nitrogens with one attached hydrogen (secondary N) is 1. The third-order valence-corrected chi connectivity index (χ3v) is 3.67. The molecule has 6 nitrogen and oxygen atoms in total.